The summed E-state index contributed by atoms with van der Waals surface area (Å²) in [7, 11) is 2.16. The Balaban J connectivity index is 1.30. The molecule has 5 aliphatic rings. The van der Waals surface area contributed by atoms with E-state index in [1.54, 1.807) is 0 Å². The van der Waals surface area contributed by atoms with E-state index < -0.39 is 0 Å². The number of likely N-dealkylation sites (N-methyl/N-ethyl adjacent to an activating group) is 1. The first-order valence-electron chi connectivity index (χ1n) is 8.87. The van der Waals surface area contributed by atoms with E-state index in [1.807, 2.05) is 0 Å². The molecule has 5 rings (SSSR count). The van der Waals surface area contributed by atoms with Crippen molar-refractivity contribution in [3.05, 3.63) is 0 Å². The lowest BCUT2D eigenvalue weighted by Gasteiger charge is -2.54. The summed E-state index contributed by atoms with van der Waals surface area (Å²) in [4.78, 5) is 17.1. The van der Waals surface area contributed by atoms with Crippen molar-refractivity contribution in [2.24, 2.45) is 23.7 Å². The second kappa shape index (κ2) is 5.54. The minimum atomic E-state index is 0.275. The molecule has 1 saturated heterocycles. The normalized spacial score (nSPS) is 43.2. The van der Waals surface area contributed by atoms with Gasteiger partial charge in [-0.1, -0.05) is 0 Å². The van der Waals surface area contributed by atoms with Crippen LogP contribution < -0.4 is 5.32 Å². The van der Waals surface area contributed by atoms with Crippen LogP contribution in [0.3, 0.4) is 0 Å². The monoisotopic (exact) mass is 291 g/mol. The molecule has 1 heterocycles. The summed E-state index contributed by atoms with van der Waals surface area (Å²) in [5.41, 5.74) is 0. The number of nitrogens with zero attached hydrogens (tertiary/aromatic N) is 2. The minimum absolute atomic E-state index is 0.275. The molecule has 118 valence electrons. The molecule has 0 spiro atoms. The Morgan fingerprint density at radius 2 is 1.52 bits per heavy atom. The fourth-order valence-corrected chi connectivity index (χ4v) is 5.60. The quantitative estimate of drug-likeness (QED) is 0.848. The summed E-state index contributed by atoms with van der Waals surface area (Å²) >= 11 is 0. The van der Waals surface area contributed by atoms with Crippen molar-refractivity contribution in [1.29, 1.82) is 0 Å². The molecular weight excluding hydrogens is 262 g/mol. The maximum atomic E-state index is 12.4. The zero-order valence-electron chi connectivity index (χ0n) is 13.3. The summed E-state index contributed by atoms with van der Waals surface area (Å²) in [6.07, 6.45) is 7.01. The standard InChI is InChI=1S/C17H29N3O/c1-19-2-4-20(5-3-19)11-16(21)18-17-14-7-12-6-13(9-14)10-15(17)8-12/h12-15,17H,2-11H2,1H3,(H,18,21). The number of hydrogen-bond donors (Lipinski definition) is 1. The molecule has 0 atom stereocenters. The second-order valence-electron chi connectivity index (χ2n) is 8.10. The van der Waals surface area contributed by atoms with E-state index in [0.29, 0.717) is 12.6 Å². The maximum absolute atomic E-state index is 12.4. The molecule has 1 amide bonds. The van der Waals surface area contributed by atoms with Gasteiger partial charge in [0, 0.05) is 32.2 Å². The lowest BCUT2D eigenvalue weighted by molar-refractivity contribution is -0.126. The topological polar surface area (TPSA) is 35.6 Å². The van der Waals surface area contributed by atoms with Crippen LogP contribution in [0.1, 0.15) is 32.1 Å². The van der Waals surface area contributed by atoms with E-state index in [1.165, 1.54) is 32.1 Å². The van der Waals surface area contributed by atoms with Gasteiger partial charge in [0.2, 0.25) is 5.91 Å². The molecule has 4 bridgehead atoms. The van der Waals surface area contributed by atoms with Gasteiger partial charge in [0.05, 0.1) is 6.54 Å². The maximum Gasteiger partial charge on any atom is 0.234 e. The van der Waals surface area contributed by atoms with Gasteiger partial charge in [-0.05, 0) is 62.8 Å². The summed E-state index contributed by atoms with van der Waals surface area (Å²) in [6.45, 7) is 4.85. The number of piperazine rings is 1. The highest BCUT2D eigenvalue weighted by Gasteiger charge is 2.48. The Labute approximate surface area is 128 Å². The molecular formula is C17H29N3O. The van der Waals surface area contributed by atoms with Crippen LogP contribution in [0.5, 0.6) is 0 Å². The van der Waals surface area contributed by atoms with Crippen molar-refractivity contribution in [2.75, 3.05) is 39.8 Å². The molecule has 4 nitrogen and oxygen atoms in total. The number of rotatable bonds is 3. The molecule has 4 aliphatic carbocycles. The molecule has 21 heavy (non-hydrogen) atoms. The number of amides is 1. The third-order valence-electron chi connectivity index (χ3n) is 6.52. The van der Waals surface area contributed by atoms with Crippen molar-refractivity contribution >= 4 is 5.91 Å². The molecule has 1 N–H and O–H groups in total. The smallest absolute Gasteiger partial charge is 0.234 e. The van der Waals surface area contributed by atoms with E-state index in [0.717, 1.165) is 49.9 Å². The summed E-state index contributed by atoms with van der Waals surface area (Å²) < 4.78 is 0. The SMILES string of the molecule is CN1CCN(CC(=O)NC2C3CC4CC(C3)CC2C4)CC1. The molecule has 0 aromatic rings. The highest BCUT2D eigenvalue weighted by Crippen LogP contribution is 2.53. The fraction of sp³-hybridized carbons (Fsp3) is 0.941. The van der Waals surface area contributed by atoms with Gasteiger partial charge in [-0.3, -0.25) is 9.69 Å². The third kappa shape index (κ3) is 2.85. The number of hydrogen-bond acceptors (Lipinski definition) is 3. The average Bonchev–Trinajstić information content (AvgIpc) is 2.45. The van der Waals surface area contributed by atoms with Crippen LogP contribution in [-0.4, -0.2) is 61.5 Å². The molecule has 0 aromatic carbocycles. The van der Waals surface area contributed by atoms with Crippen molar-refractivity contribution in [3.8, 4) is 0 Å². The summed E-state index contributed by atoms with van der Waals surface area (Å²) in [5, 5.41) is 3.43. The predicted octanol–water partition coefficient (Wildman–Crippen LogP) is 1.17. The summed E-state index contributed by atoms with van der Waals surface area (Å²) in [5.74, 6) is 3.82. The fourth-order valence-electron chi connectivity index (χ4n) is 5.60. The first-order chi connectivity index (χ1) is 10.2. The van der Waals surface area contributed by atoms with Gasteiger partial charge < -0.3 is 10.2 Å². The van der Waals surface area contributed by atoms with E-state index in [9.17, 15) is 4.79 Å². The Kier molecular flexibility index (Phi) is 3.70. The lowest BCUT2D eigenvalue weighted by Crippen LogP contribution is -2.57. The first-order valence-corrected chi connectivity index (χ1v) is 8.87. The zero-order chi connectivity index (χ0) is 14.4. The van der Waals surface area contributed by atoms with E-state index in [-0.39, 0.29) is 5.91 Å². The molecule has 5 fully saturated rings. The van der Waals surface area contributed by atoms with E-state index >= 15 is 0 Å². The van der Waals surface area contributed by atoms with Gasteiger partial charge in [-0.25, -0.2) is 0 Å². The van der Waals surface area contributed by atoms with Gasteiger partial charge in [0.25, 0.3) is 0 Å². The number of carbonyl (C=O) groups excluding carboxylic acids is 1. The molecule has 4 saturated carbocycles. The molecule has 1 aliphatic heterocycles. The van der Waals surface area contributed by atoms with Gasteiger partial charge in [-0.2, -0.15) is 0 Å². The highest BCUT2D eigenvalue weighted by molar-refractivity contribution is 5.78. The van der Waals surface area contributed by atoms with Gasteiger partial charge in [-0.15, -0.1) is 0 Å². The van der Waals surface area contributed by atoms with Crippen molar-refractivity contribution in [1.82, 2.24) is 15.1 Å². The Morgan fingerprint density at radius 1 is 0.952 bits per heavy atom. The molecule has 0 aromatic heterocycles. The van der Waals surface area contributed by atoms with E-state index in [2.05, 4.69) is 22.2 Å². The van der Waals surface area contributed by atoms with Gasteiger partial charge in [0.1, 0.15) is 0 Å². The van der Waals surface area contributed by atoms with Crippen LogP contribution in [0.15, 0.2) is 0 Å². The molecule has 4 heteroatoms. The van der Waals surface area contributed by atoms with Crippen LogP contribution in [0.25, 0.3) is 0 Å². The van der Waals surface area contributed by atoms with Crippen LogP contribution in [-0.2, 0) is 4.79 Å². The summed E-state index contributed by atoms with van der Waals surface area (Å²) in [6, 6.07) is 0.498. The minimum Gasteiger partial charge on any atom is -0.352 e. The molecule has 0 radical (unpaired) electrons. The lowest BCUT2D eigenvalue weighted by atomic mass is 9.54. The third-order valence-corrected chi connectivity index (χ3v) is 6.52. The molecule has 0 unspecified atom stereocenters. The number of carbonyl (C=O) groups is 1. The second-order valence-corrected chi connectivity index (χ2v) is 8.10. The van der Waals surface area contributed by atoms with Gasteiger partial charge in [0.15, 0.2) is 0 Å². The van der Waals surface area contributed by atoms with E-state index in [4.69, 9.17) is 0 Å². The van der Waals surface area contributed by atoms with Crippen molar-refractivity contribution in [2.45, 2.75) is 38.1 Å². The van der Waals surface area contributed by atoms with Gasteiger partial charge >= 0.3 is 0 Å². The Hall–Kier alpha value is -0.610. The van der Waals surface area contributed by atoms with Crippen LogP contribution in [0.2, 0.25) is 0 Å². The van der Waals surface area contributed by atoms with Crippen LogP contribution in [0.4, 0.5) is 0 Å². The van der Waals surface area contributed by atoms with Crippen molar-refractivity contribution < 1.29 is 4.79 Å². The predicted molar refractivity (Wildman–Crippen MR) is 82.9 cm³/mol. The zero-order valence-corrected chi connectivity index (χ0v) is 13.3. The van der Waals surface area contributed by atoms with Crippen molar-refractivity contribution in [3.63, 3.8) is 0 Å². The van der Waals surface area contributed by atoms with Crippen LogP contribution >= 0.6 is 0 Å². The first kappa shape index (κ1) is 14.0. The van der Waals surface area contributed by atoms with Crippen LogP contribution in [0, 0.1) is 23.7 Å². The Bertz CT molecular complexity index is 375. The average molecular weight is 291 g/mol. The highest BCUT2D eigenvalue weighted by atomic mass is 16.2. The number of nitrogens with one attached hydrogen (secondary N) is 1. The Morgan fingerprint density at radius 3 is 2.10 bits per heavy atom. The largest absolute Gasteiger partial charge is 0.352 e.